The molecule has 0 radical (unpaired) electrons. The number of carbonyl (C=O) groups is 1. The highest BCUT2D eigenvalue weighted by Crippen LogP contribution is 2.30. The minimum atomic E-state index is -0.576. The fourth-order valence-electron chi connectivity index (χ4n) is 4.69. The Bertz CT molecular complexity index is 1310. The highest BCUT2D eigenvalue weighted by molar-refractivity contribution is 5.68. The monoisotopic (exact) mass is 519 g/mol. The van der Waals surface area contributed by atoms with Crippen molar-refractivity contribution in [3.8, 4) is 28.8 Å². The lowest BCUT2D eigenvalue weighted by Gasteiger charge is -2.30. The van der Waals surface area contributed by atoms with Crippen molar-refractivity contribution >= 4 is 11.9 Å². The van der Waals surface area contributed by atoms with E-state index < -0.39 is 11.4 Å². The largest absolute Gasteiger partial charge is 0.497 e. The first-order valence-corrected chi connectivity index (χ1v) is 12.8. The van der Waals surface area contributed by atoms with Crippen molar-refractivity contribution in [3.63, 3.8) is 0 Å². The Morgan fingerprint density at radius 2 is 1.95 bits per heavy atom. The minimum Gasteiger partial charge on any atom is -0.497 e. The second-order valence-electron chi connectivity index (χ2n) is 10.6. The van der Waals surface area contributed by atoms with Gasteiger partial charge in [-0.05, 0) is 82.3 Å². The van der Waals surface area contributed by atoms with Crippen LogP contribution in [0.3, 0.4) is 0 Å². The molecule has 1 aliphatic rings. The summed E-state index contributed by atoms with van der Waals surface area (Å²) in [6.45, 7) is 6.25. The van der Waals surface area contributed by atoms with Crippen LogP contribution < -0.4 is 15.4 Å². The van der Waals surface area contributed by atoms with Crippen molar-refractivity contribution in [1.82, 2.24) is 15.1 Å². The first-order chi connectivity index (χ1) is 18.1. The van der Waals surface area contributed by atoms with E-state index in [1.165, 1.54) is 12.1 Å². The number of hydrogen-bond donors (Lipinski definition) is 2. The summed E-state index contributed by atoms with van der Waals surface area (Å²) in [6.07, 6.45) is 3.46. The van der Waals surface area contributed by atoms with Gasteiger partial charge in [0.1, 0.15) is 29.1 Å². The van der Waals surface area contributed by atoms with Gasteiger partial charge in [0.15, 0.2) is 0 Å². The lowest BCUT2D eigenvalue weighted by molar-refractivity contribution is 0.0486. The molecule has 8 nitrogen and oxygen atoms in total. The van der Waals surface area contributed by atoms with Crippen LogP contribution in [0.15, 0.2) is 48.5 Å². The van der Waals surface area contributed by atoms with Gasteiger partial charge in [-0.25, -0.2) is 13.9 Å². The van der Waals surface area contributed by atoms with Gasteiger partial charge in [0.05, 0.1) is 24.1 Å². The van der Waals surface area contributed by atoms with Crippen LogP contribution in [-0.2, 0) is 4.74 Å². The number of nitrogens with zero attached hydrogens (tertiary/aromatic N) is 3. The molecule has 1 amide bonds. The quantitative estimate of drug-likeness (QED) is 0.394. The molecule has 1 aliphatic carbocycles. The lowest BCUT2D eigenvalue weighted by atomic mass is 9.85. The summed E-state index contributed by atoms with van der Waals surface area (Å²) in [6, 6.07) is 15.8. The predicted molar refractivity (Wildman–Crippen MR) is 144 cm³/mol. The number of ether oxygens (including phenoxy) is 2. The van der Waals surface area contributed by atoms with Crippen LogP contribution in [0.2, 0.25) is 0 Å². The molecule has 0 bridgehead atoms. The normalized spacial score (nSPS) is 17.4. The first kappa shape index (κ1) is 27.0. The van der Waals surface area contributed by atoms with Crippen molar-refractivity contribution in [1.29, 1.82) is 5.26 Å². The van der Waals surface area contributed by atoms with Crippen LogP contribution in [-0.4, -0.2) is 41.2 Å². The van der Waals surface area contributed by atoms with E-state index in [9.17, 15) is 9.18 Å². The second kappa shape index (κ2) is 11.5. The molecule has 0 saturated heterocycles. The molecule has 0 aliphatic heterocycles. The number of aromatic nitrogens is 2. The third kappa shape index (κ3) is 6.82. The summed E-state index contributed by atoms with van der Waals surface area (Å²) in [5.74, 6) is 1.15. The lowest BCUT2D eigenvalue weighted by Crippen LogP contribution is -2.42. The SMILES string of the molecule is COc1ccc(-n2nc(NCC3CCC[C@H](NC(=O)OC(C)(C)C)C3)cc2-c2ccc(C#N)c(F)c2)cc1. The molecule has 1 saturated carbocycles. The molecule has 1 heterocycles. The van der Waals surface area contributed by atoms with E-state index in [1.54, 1.807) is 17.9 Å². The number of halogens is 1. The number of alkyl carbamates (subject to hydrolysis) is 1. The number of benzene rings is 2. The summed E-state index contributed by atoms with van der Waals surface area (Å²) in [7, 11) is 1.61. The molecule has 2 aromatic carbocycles. The van der Waals surface area contributed by atoms with E-state index in [0.717, 1.165) is 37.1 Å². The Labute approximate surface area is 222 Å². The molecule has 0 spiro atoms. The van der Waals surface area contributed by atoms with Crippen molar-refractivity contribution in [2.45, 2.75) is 58.1 Å². The van der Waals surface area contributed by atoms with Gasteiger partial charge in [-0.3, -0.25) is 0 Å². The summed E-state index contributed by atoms with van der Waals surface area (Å²) in [5, 5.41) is 20.3. The fourth-order valence-corrected chi connectivity index (χ4v) is 4.69. The number of nitrogens with one attached hydrogen (secondary N) is 2. The average molecular weight is 520 g/mol. The number of methoxy groups -OCH3 is 1. The maximum Gasteiger partial charge on any atom is 0.407 e. The van der Waals surface area contributed by atoms with Crippen molar-refractivity contribution < 1.29 is 18.7 Å². The van der Waals surface area contributed by atoms with Crippen LogP contribution in [0, 0.1) is 23.1 Å². The van der Waals surface area contributed by atoms with Gasteiger partial charge in [-0.2, -0.15) is 5.26 Å². The van der Waals surface area contributed by atoms with E-state index in [0.29, 0.717) is 29.5 Å². The highest BCUT2D eigenvalue weighted by Gasteiger charge is 2.26. The molecular formula is C29H34FN5O3. The maximum atomic E-state index is 14.5. The molecule has 9 heteroatoms. The van der Waals surface area contributed by atoms with Gasteiger partial charge in [-0.15, -0.1) is 5.10 Å². The van der Waals surface area contributed by atoms with Crippen LogP contribution in [0.5, 0.6) is 5.75 Å². The van der Waals surface area contributed by atoms with Gasteiger partial charge in [0, 0.05) is 24.2 Å². The summed E-state index contributed by atoms with van der Waals surface area (Å²) >= 11 is 0. The first-order valence-electron chi connectivity index (χ1n) is 12.8. The zero-order valence-corrected chi connectivity index (χ0v) is 22.3. The number of rotatable bonds is 7. The molecule has 38 heavy (non-hydrogen) atoms. The Morgan fingerprint density at radius 1 is 1.18 bits per heavy atom. The fraction of sp³-hybridized carbons (Fsp3) is 0.414. The van der Waals surface area contributed by atoms with Gasteiger partial charge in [0.25, 0.3) is 0 Å². The Hall–Kier alpha value is -4.06. The van der Waals surface area contributed by atoms with E-state index in [-0.39, 0.29) is 17.7 Å². The zero-order valence-electron chi connectivity index (χ0n) is 22.3. The number of carbonyl (C=O) groups excluding carboxylic acids is 1. The molecule has 2 N–H and O–H groups in total. The zero-order chi connectivity index (χ0) is 27.3. The van der Waals surface area contributed by atoms with Gasteiger partial charge >= 0.3 is 6.09 Å². The third-order valence-corrected chi connectivity index (χ3v) is 6.49. The van der Waals surface area contributed by atoms with Crippen molar-refractivity contribution in [3.05, 3.63) is 59.9 Å². The van der Waals surface area contributed by atoms with Crippen LogP contribution in [0.4, 0.5) is 15.0 Å². The van der Waals surface area contributed by atoms with Crippen molar-refractivity contribution in [2.75, 3.05) is 19.0 Å². The third-order valence-electron chi connectivity index (χ3n) is 6.49. The molecule has 1 fully saturated rings. The standard InChI is InChI=1S/C29H34FN5O3/c1-29(2,3)38-28(36)33-22-7-5-6-19(14-22)18-32-27-16-26(20-8-9-21(17-31)25(30)15-20)35(34-27)23-10-12-24(37-4)13-11-23/h8-13,15-16,19,22H,5-7,14,18H2,1-4H3,(H,32,34)(H,33,36)/t19?,22-/m0/s1. The number of hydrogen-bond acceptors (Lipinski definition) is 6. The summed E-state index contributed by atoms with van der Waals surface area (Å²) in [4.78, 5) is 12.2. The van der Waals surface area contributed by atoms with Gasteiger partial charge < -0.3 is 20.1 Å². The molecule has 1 unspecified atom stereocenters. The molecule has 3 aromatic rings. The Balaban J connectivity index is 1.50. The van der Waals surface area contributed by atoms with E-state index >= 15 is 0 Å². The van der Waals surface area contributed by atoms with Crippen LogP contribution >= 0.6 is 0 Å². The average Bonchev–Trinajstić information content (AvgIpc) is 3.31. The van der Waals surface area contributed by atoms with Gasteiger partial charge in [-0.1, -0.05) is 12.5 Å². The van der Waals surface area contributed by atoms with E-state index in [2.05, 4.69) is 10.6 Å². The molecule has 1 aromatic heterocycles. The Kier molecular flexibility index (Phi) is 8.20. The van der Waals surface area contributed by atoms with Crippen LogP contribution in [0.1, 0.15) is 52.0 Å². The predicted octanol–water partition coefficient (Wildman–Crippen LogP) is 6.05. The minimum absolute atomic E-state index is 0.00513. The van der Waals surface area contributed by atoms with Crippen LogP contribution in [0.25, 0.3) is 16.9 Å². The second-order valence-corrected chi connectivity index (χ2v) is 10.6. The topological polar surface area (TPSA) is 101 Å². The molecule has 2 atom stereocenters. The van der Waals surface area contributed by atoms with E-state index in [1.807, 2.05) is 57.2 Å². The number of anilines is 1. The molecule has 200 valence electrons. The summed E-state index contributed by atoms with van der Waals surface area (Å²) < 4.78 is 26.9. The Morgan fingerprint density at radius 3 is 2.61 bits per heavy atom. The maximum absolute atomic E-state index is 14.5. The number of amides is 1. The smallest absolute Gasteiger partial charge is 0.407 e. The molecular weight excluding hydrogens is 485 g/mol. The van der Waals surface area contributed by atoms with Gasteiger partial charge in [0.2, 0.25) is 0 Å². The number of nitriles is 1. The molecule has 4 rings (SSSR count). The summed E-state index contributed by atoms with van der Waals surface area (Å²) in [5.41, 5.74) is 1.55. The van der Waals surface area contributed by atoms with E-state index in [4.69, 9.17) is 19.8 Å². The van der Waals surface area contributed by atoms with Crippen molar-refractivity contribution in [2.24, 2.45) is 5.92 Å². The highest BCUT2D eigenvalue weighted by atomic mass is 19.1.